The predicted molar refractivity (Wildman–Crippen MR) is 335 cm³/mol. The molecule has 0 amide bonds. The van der Waals surface area contributed by atoms with Gasteiger partial charge in [0.05, 0.1) is 22.1 Å². The van der Waals surface area contributed by atoms with E-state index in [0.717, 1.165) is 89.3 Å². The predicted octanol–water partition coefficient (Wildman–Crippen LogP) is 18.6. The molecule has 10 rings (SSSR count). The number of para-hydroxylation sites is 3. The molecule has 0 aliphatic rings. The molecule has 0 aliphatic carbocycles. The number of aromatic nitrogens is 2. The van der Waals surface area contributed by atoms with Gasteiger partial charge in [0, 0.05) is 45.7 Å². The van der Waals surface area contributed by atoms with Crippen LogP contribution in [0.25, 0.3) is 88.4 Å². The second-order valence-electron chi connectivity index (χ2n) is 18.9. The number of likely N-dealkylation sites (N-methyl/N-ethyl adjacent to an activating group) is 1. The zero-order chi connectivity index (χ0) is 56.5. The maximum atomic E-state index is 11.0. The minimum absolute atomic E-state index is 0.247. The molecule has 10 aromatic rings. The van der Waals surface area contributed by atoms with Crippen molar-refractivity contribution in [2.75, 3.05) is 11.9 Å². The molecule has 2 aromatic heterocycles. The Morgan fingerprint density at radius 3 is 1.57 bits per heavy atom. The van der Waals surface area contributed by atoms with Crippen molar-refractivity contribution >= 4 is 60.4 Å². The molecule has 0 bridgehead atoms. The van der Waals surface area contributed by atoms with Gasteiger partial charge in [-0.25, -0.2) is 0 Å². The molecule has 2 heterocycles. The van der Waals surface area contributed by atoms with Gasteiger partial charge < -0.3 is 39.6 Å². The lowest BCUT2D eigenvalue weighted by molar-refractivity contribution is 0.327. The van der Waals surface area contributed by atoms with Crippen LogP contribution < -0.4 is 4.90 Å². The number of aryl methyl sites for hydroxylation is 1. The van der Waals surface area contributed by atoms with Gasteiger partial charge in [-0.3, -0.25) is 0 Å². The number of phenolic OH excluding ortho intramolecular Hbond substituents is 5. The fraction of sp³-hybridized carbons (Fsp3) is 0.0986. The van der Waals surface area contributed by atoms with Gasteiger partial charge in [0.2, 0.25) is 17.2 Å². The molecule has 0 unspecified atom stereocenters. The summed E-state index contributed by atoms with van der Waals surface area (Å²) < 4.78 is 3.90. The summed E-state index contributed by atoms with van der Waals surface area (Å²) in [5, 5.41) is 56.8. The molecule has 0 radical (unpaired) electrons. The van der Waals surface area contributed by atoms with Crippen molar-refractivity contribution in [2.45, 2.75) is 41.0 Å². The van der Waals surface area contributed by atoms with Gasteiger partial charge in [0.15, 0.2) is 11.5 Å². The van der Waals surface area contributed by atoms with Crippen molar-refractivity contribution in [1.29, 1.82) is 0 Å². The zero-order valence-electron chi connectivity index (χ0n) is 45.7. The number of phenols is 5. The van der Waals surface area contributed by atoms with E-state index >= 15 is 0 Å². The number of hydrogen-bond donors (Lipinski definition) is 5. The van der Waals surface area contributed by atoms with Crippen LogP contribution in [0.15, 0.2) is 238 Å². The Hall–Kier alpha value is -9.92. The standard InChI is InChI=1S/C56H46N2O5.C13H17N.C2H4/c1-5-14-34(15-6-2)39-28-40(35(16-7-3)17-8-4)30-41(29-39)36-18-13-19-42(31-36)57-47-22-11-9-20-43(47)45-32-37(24-26-49(45)57)38-25-27-50-46(33-38)44-21-10-12-23-48(44)58(50)51-52(59)54(61)56(63)55(62)53(51)60;1-5-8-12(3)14(4)13-10-7-6-9-11(13)2;1-2/h5-7,9-33,59-63H,1,8H2,2-4H3;5-10H,3H2,1-2,4H3;1-2H2/b15-6-,16-7-,34-14+,35-17+;8-5-;. The van der Waals surface area contributed by atoms with E-state index < -0.39 is 28.7 Å². The molecule has 0 spiro atoms. The Labute approximate surface area is 463 Å². The summed E-state index contributed by atoms with van der Waals surface area (Å²) in [4.78, 5) is 2.09. The van der Waals surface area contributed by atoms with E-state index in [9.17, 15) is 25.5 Å². The number of hydrogen-bond acceptors (Lipinski definition) is 6. The first-order chi connectivity index (χ1) is 38.3. The molecule has 0 atom stereocenters. The summed E-state index contributed by atoms with van der Waals surface area (Å²) in [5.74, 6) is -4.39. The quantitative estimate of drug-likeness (QED) is 0.0340. The monoisotopic (exact) mass is 1040 g/mol. The third kappa shape index (κ3) is 10.8. The number of allylic oxidation sites excluding steroid dienone is 11. The van der Waals surface area contributed by atoms with Crippen molar-refractivity contribution in [3.8, 4) is 62.4 Å². The zero-order valence-corrected chi connectivity index (χ0v) is 45.7. The Morgan fingerprint density at radius 1 is 0.506 bits per heavy atom. The SMILES string of the molecule is C=C.C=C(/C=C\C)N(C)c1ccccc1C.C=C/C=C(\C=C/C)c1cc(C(/C=C\C)=C/CC)cc(-c2cccc(-n3c4ccccc4c4cc(-c5ccc6c(c5)c5ccccc5n6-c5c(O)c(O)c(O)c(O)c5O)ccc43)c2)c1. The maximum Gasteiger partial charge on any atom is 0.208 e. The normalized spacial score (nSPS) is 11.9. The van der Waals surface area contributed by atoms with Gasteiger partial charge in [0.25, 0.3) is 0 Å². The number of rotatable bonds is 13. The van der Waals surface area contributed by atoms with Crippen LogP contribution in [0.5, 0.6) is 28.7 Å². The van der Waals surface area contributed by atoms with E-state index in [1.54, 1.807) is 4.57 Å². The second kappa shape index (κ2) is 24.4. The average Bonchev–Trinajstić information content (AvgIpc) is 4.12. The van der Waals surface area contributed by atoms with Crippen LogP contribution in [0.3, 0.4) is 0 Å². The molecule has 8 heteroatoms. The topological polar surface area (TPSA) is 114 Å². The molecule has 0 saturated carbocycles. The van der Waals surface area contributed by atoms with Crippen LogP contribution >= 0.6 is 0 Å². The summed E-state index contributed by atoms with van der Waals surface area (Å²) in [6.07, 6.45) is 19.5. The molecule has 79 heavy (non-hydrogen) atoms. The fourth-order valence-electron chi connectivity index (χ4n) is 10.3. The number of benzene rings is 8. The van der Waals surface area contributed by atoms with Crippen LogP contribution in [-0.2, 0) is 0 Å². The van der Waals surface area contributed by atoms with Crippen LogP contribution in [0.1, 0.15) is 50.8 Å². The van der Waals surface area contributed by atoms with Crippen molar-refractivity contribution in [3.05, 3.63) is 255 Å². The highest BCUT2D eigenvalue weighted by atomic mass is 16.4. The lowest BCUT2D eigenvalue weighted by Gasteiger charge is -2.21. The van der Waals surface area contributed by atoms with Gasteiger partial charge in [-0.2, -0.15) is 0 Å². The van der Waals surface area contributed by atoms with E-state index in [2.05, 4.69) is 196 Å². The van der Waals surface area contributed by atoms with Gasteiger partial charge >= 0.3 is 0 Å². The van der Waals surface area contributed by atoms with Crippen molar-refractivity contribution in [1.82, 2.24) is 9.13 Å². The van der Waals surface area contributed by atoms with E-state index in [1.165, 1.54) is 16.8 Å². The highest BCUT2D eigenvalue weighted by Crippen LogP contribution is 2.54. The third-order valence-corrected chi connectivity index (χ3v) is 14.0. The summed E-state index contributed by atoms with van der Waals surface area (Å²) >= 11 is 0. The molecule has 0 fully saturated rings. The van der Waals surface area contributed by atoms with Gasteiger partial charge in [-0.15, -0.1) is 13.2 Å². The first-order valence-corrected chi connectivity index (χ1v) is 26.3. The van der Waals surface area contributed by atoms with Crippen LogP contribution in [0.2, 0.25) is 0 Å². The average molecular weight is 1040 g/mol. The van der Waals surface area contributed by atoms with E-state index in [-0.39, 0.29) is 5.69 Å². The lowest BCUT2D eigenvalue weighted by atomic mass is 9.92. The first-order valence-electron chi connectivity index (χ1n) is 26.3. The Morgan fingerprint density at radius 2 is 1.00 bits per heavy atom. The van der Waals surface area contributed by atoms with Crippen molar-refractivity contribution < 1.29 is 25.5 Å². The Bertz CT molecular complexity index is 4070. The molecule has 5 N–H and O–H groups in total. The fourth-order valence-corrected chi connectivity index (χ4v) is 10.3. The molecule has 0 saturated heterocycles. The molecular formula is C71H67N3O5. The lowest BCUT2D eigenvalue weighted by Crippen LogP contribution is -2.14. The van der Waals surface area contributed by atoms with Gasteiger partial charge in [-0.05, 0) is 163 Å². The molecule has 8 nitrogen and oxygen atoms in total. The molecule has 8 aromatic carbocycles. The Balaban J connectivity index is 0.000000446. The first kappa shape index (κ1) is 55.3. The van der Waals surface area contributed by atoms with E-state index in [0.29, 0.717) is 11.0 Å². The molecule has 396 valence electrons. The highest BCUT2D eigenvalue weighted by molar-refractivity contribution is 6.13. The molecular weight excluding hydrogens is 975 g/mol. The number of aromatic hydroxyl groups is 5. The maximum absolute atomic E-state index is 11.0. The van der Waals surface area contributed by atoms with Gasteiger partial charge in [-0.1, -0.05) is 148 Å². The third-order valence-electron chi connectivity index (χ3n) is 14.0. The smallest absolute Gasteiger partial charge is 0.208 e. The van der Waals surface area contributed by atoms with E-state index in [4.69, 9.17) is 0 Å². The van der Waals surface area contributed by atoms with Crippen molar-refractivity contribution in [2.24, 2.45) is 0 Å². The number of anilines is 1. The number of fused-ring (bicyclic) bond motifs is 6. The largest absolute Gasteiger partial charge is 0.503 e. The van der Waals surface area contributed by atoms with Crippen LogP contribution in [0, 0.1) is 6.92 Å². The Kier molecular flexibility index (Phi) is 17.1. The van der Waals surface area contributed by atoms with Crippen molar-refractivity contribution in [3.63, 3.8) is 0 Å². The second-order valence-corrected chi connectivity index (χ2v) is 18.9. The summed E-state index contributed by atoms with van der Waals surface area (Å²) in [7, 11) is 2.03. The minimum atomic E-state index is -1.00. The van der Waals surface area contributed by atoms with E-state index in [1.807, 2.05) is 87.7 Å². The number of nitrogens with zero attached hydrogens (tertiary/aromatic N) is 3. The van der Waals surface area contributed by atoms with Crippen LogP contribution in [0.4, 0.5) is 5.69 Å². The molecule has 0 aliphatic heterocycles. The minimum Gasteiger partial charge on any atom is -0.503 e. The van der Waals surface area contributed by atoms with Crippen LogP contribution in [-0.4, -0.2) is 41.7 Å². The summed E-state index contributed by atoms with van der Waals surface area (Å²) in [6.45, 7) is 24.3. The summed E-state index contributed by atoms with van der Waals surface area (Å²) in [6, 6.07) is 52.2. The highest BCUT2D eigenvalue weighted by Gasteiger charge is 2.27. The summed E-state index contributed by atoms with van der Waals surface area (Å²) in [5.41, 5.74) is 16.3. The van der Waals surface area contributed by atoms with Gasteiger partial charge in [0.1, 0.15) is 5.69 Å².